The molecule has 7 rings (SSSR count). The molecule has 40 heavy (non-hydrogen) atoms. The predicted molar refractivity (Wildman–Crippen MR) is 148 cm³/mol. The third-order valence-electron chi connectivity index (χ3n) is 6.66. The van der Waals surface area contributed by atoms with E-state index in [-0.39, 0.29) is 34.3 Å². The monoisotopic (exact) mass is 521 g/mol. The summed E-state index contributed by atoms with van der Waals surface area (Å²) in [7, 11) is 0. The van der Waals surface area contributed by atoms with E-state index in [0.29, 0.717) is 22.4 Å². The van der Waals surface area contributed by atoms with Gasteiger partial charge >= 0.3 is 0 Å². The molecule has 0 atom stereocenters. The van der Waals surface area contributed by atoms with Gasteiger partial charge in [0.15, 0.2) is 0 Å². The van der Waals surface area contributed by atoms with Gasteiger partial charge < -0.3 is 0 Å². The molecule has 0 saturated heterocycles. The second-order valence-electron chi connectivity index (χ2n) is 9.09. The van der Waals surface area contributed by atoms with Gasteiger partial charge in [0, 0.05) is 11.1 Å². The Kier molecular flexibility index (Phi) is 5.52. The first kappa shape index (κ1) is 23.3. The molecule has 0 bridgehead atoms. The first-order valence-corrected chi connectivity index (χ1v) is 12.6. The van der Waals surface area contributed by atoms with Crippen molar-refractivity contribution in [3.63, 3.8) is 0 Å². The molecule has 0 spiro atoms. The van der Waals surface area contributed by atoms with Crippen LogP contribution in [0.15, 0.2) is 115 Å². The first-order valence-electron chi connectivity index (χ1n) is 12.6. The van der Waals surface area contributed by atoms with Crippen molar-refractivity contribution in [2.45, 2.75) is 0 Å². The number of hydrogen-bond acceptors (Lipinski definition) is 7. The van der Waals surface area contributed by atoms with Crippen LogP contribution in [0.4, 0.5) is 0 Å². The Morgan fingerprint density at radius 1 is 0.475 bits per heavy atom. The van der Waals surface area contributed by atoms with Gasteiger partial charge in [-0.05, 0) is 36.4 Å². The fourth-order valence-electron chi connectivity index (χ4n) is 4.73. The average Bonchev–Trinajstić information content (AvgIpc) is 3.66. The molecule has 0 aliphatic carbocycles. The minimum atomic E-state index is -0.380. The molecule has 2 aromatic carbocycles. The second-order valence-corrected chi connectivity index (χ2v) is 9.09. The van der Waals surface area contributed by atoms with Crippen LogP contribution < -0.4 is 0 Å². The number of pyridine rings is 3. The maximum Gasteiger partial charge on any atom is 0.229 e. The van der Waals surface area contributed by atoms with E-state index in [9.17, 15) is 9.59 Å². The minimum absolute atomic E-state index is 0.117. The molecule has 5 heterocycles. The van der Waals surface area contributed by atoms with Gasteiger partial charge in [-0.3, -0.25) is 9.59 Å². The lowest BCUT2D eigenvalue weighted by atomic mass is 10.1. The summed E-state index contributed by atoms with van der Waals surface area (Å²) in [4.78, 5) is 31.6. The van der Waals surface area contributed by atoms with Crippen LogP contribution in [-0.2, 0) is 0 Å². The minimum Gasteiger partial charge on any atom is -0.285 e. The molecule has 0 aliphatic heterocycles. The molecule has 0 unspecified atom stereocenters. The second kappa shape index (κ2) is 9.48. The van der Waals surface area contributed by atoms with Gasteiger partial charge in [0.2, 0.25) is 11.6 Å². The maximum absolute atomic E-state index is 13.6. The highest BCUT2D eigenvalue weighted by molar-refractivity contribution is 6.10. The van der Waals surface area contributed by atoms with Crippen molar-refractivity contribution >= 4 is 22.6 Å². The quantitative estimate of drug-likeness (QED) is 0.285. The van der Waals surface area contributed by atoms with Crippen LogP contribution in [0, 0.1) is 0 Å². The number of ketones is 2. The van der Waals surface area contributed by atoms with Gasteiger partial charge in [-0.25, -0.2) is 14.0 Å². The molecule has 0 N–H and O–H groups in total. The number of benzene rings is 2. The molecule has 7 aromatic rings. The van der Waals surface area contributed by atoms with Crippen LogP contribution in [0.2, 0.25) is 0 Å². The highest BCUT2D eigenvalue weighted by atomic mass is 16.1. The zero-order valence-electron chi connectivity index (χ0n) is 20.9. The van der Waals surface area contributed by atoms with Crippen LogP contribution in [0.1, 0.15) is 32.4 Å². The normalized spacial score (nSPS) is 11.2. The molecule has 0 aliphatic rings. The van der Waals surface area contributed by atoms with Crippen LogP contribution in [0.5, 0.6) is 0 Å². The van der Waals surface area contributed by atoms with Gasteiger partial charge in [0.25, 0.3) is 0 Å². The lowest BCUT2D eigenvalue weighted by molar-refractivity contribution is 0.102. The lowest BCUT2D eigenvalue weighted by Crippen LogP contribution is -2.15. The zero-order chi connectivity index (χ0) is 27.1. The fourth-order valence-corrected chi connectivity index (χ4v) is 4.73. The SMILES string of the molecule is O=C(c1cccc(C(=O)c2cccc3c(-c4ccccc4)nnn23)n1)c1cccc2c(-c3ccccc3)nnn12. The Balaban J connectivity index is 1.25. The number of carbonyl (C=O) groups excluding carboxylic acids is 2. The molecule has 0 fully saturated rings. The summed E-state index contributed by atoms with van der Waals surface area (Å²) in [6, 6.07) is 34.7. The number of hydrogen-bond donors (Lipinski definition) is 0. The molecule has 0 saturated carbocycles. The Bertz CT molecular complexity index is 1900. The van der Waals surface area contributed by atoms with E-state index in [1.807, 2.05) is 72.8 Å². The van der Waals surface area contributed by atoms with Crippen LogP contribution in [0.3, 0.4) is 0 Å². The maximum atomic E-state index is 13.6. The molecular formula is C31H19N7O2. The van der Waals surface area contributed by atoms with Crippen molar-refractivity contribution < 1.29 is 9.59 Å². The Morgan fingerprint density at radius 3 is 1.35 bits per heavy atom. The standard InChI is InChI=1S/C31H19N7O2/c39-30(26-18-8-16-24-28(33-35-37(24)26)20-10-3-1-4-11-20)22-14-7-15-23(32-22)31(40)27-19-9-17-25-29(34-36-38(25)27)21-12-5-2-6-13-21/h1-19H. The number of aromatic nitrogens is 7. The van der Waals surface area contributed by atoms with Crippen LogP contribution in [-0.4, -0.2) is 46.2 Å². The smallest absolute Gasteiger partial charge is 0.229 e. The van der Waals surface area contributed by atoms with E-state index >= 15 is 0 Å². The zero-order valence-corrected chi connectivity index (χ0v) is 20.9. The van der Waals surface area contributed by atoms with Crippen molar-refractivity contribution in [1.29, 1.82) is 0 Å². The van der Waals surface area contributed by atoms with Crippen molar-refractivity contribution in [3.05, 3.63) is 138 Å². The number of nitrogens with zero attached hydrogens (tertiary/aromatic N) is 7. The number of carbonyl (C=O) groups is 2. The van der Waals surface area contributed by atoms with E-state index in [1.54, 1.807) is 42.5 Å². The Hall–Kier alpha value is -5.83. The summed E-state index contributed by atoms with van der Waals surface area (Å²) in [5.41, 5.74) is 5.32. The van der Waals surface area contributed by atoms with E-state index < -0.39 is 0 Å². The summed E-state index contributed by atoms with van der Waals surface area (Å²) in [5, 5.41) is 17.1. The largest absolute Gasteiger partial charge is 0.285 e. The third-order valence-corrected chi connectivity index (χ3v) is 6.66. The van der Waals surface area contributed by atoms with Gasteiger partial charge in [0.05, 0.1) is 11.0 Å². The van der Waals surface area contributed by atoms with Crippen molar-refractivity contribution in [2.24, 2.45) is 0 Å². The lowest BCUT2D eigenvalue weighted by Gasteiger charge is -2.07. The van der Waals surface area contributed by atoms with Crippen LogP contribution >= 0.6 is 0 Å². The Labute approximate surface area is 227 Å². The number of fused-ring (bicyclic) bond motifs is 2. The van der Waals surface area contributed by atoms with E-state index in [2.05, 4.69) is 25.6 Å². The molecule has 9 nitrogen and oxygen atoms in total. The first-order chi connectivity index (χ1) is 19.7. The summed E-state index contributed by atoms with van der Waals surface area (Å²) < 4.78 is 3.00. The summed E-state index contributed by atoms with van der Waals surface area (Å²) in [6.45, 7) is 0. The Morgan fingerprint density at radius 2 is 0.900 bits per heavy atom. The topological polar surface area (TPSA) is 107 Å². The highest BCUT2D eigenvalue weighted by Gasteiger charge is 2.22. The molecule has 5 aromatic heterocycles. The van der Waals surface area contributed by atoms with Gasteiger partial charge in [-0.15, -0.1) is 10.2 Å². The highest BCUT2D eigenvalue weighted by Crippen LogP contribution is 2.25. The summed E-state index contributed by atoms with van der Waals surface area (Å²) >= 11 is 0. The fraction of sp³-hybridized carbons (Fsp3) is 0. The van der Waals surface area contributed by atoms with E-state index in [4.69, 9.17) is 0 Å². The van der Waals surface area contributed by atoms with Gasteiger partial charge in [-0.1, -0.05) is 89.3 Å². The average molecular weight is 522 g/mol. The van der Waals surface area contributed by atoms with Crippen molar-refractivity contribution in [3.8, 4) is 22.5 Å². The van der Waals surface area contributed by atoms with Gasteiger partial charge in [0.1, 0.15) is 34.2 Å². The third kappa shape index (κ3) is 3.84. The molecule has 0 amide bonds. The molecule has 0 radical (unpaired) electrons. The summed E-state index contributed by atoms with van der Waals surface area (Å²) in [5.74, 6) is -0.759. The molecule has 190 valence electrons. The van der Waals surface area contributed by atoms with Crippen molar-refractivity contribution in [1.82, 2.24) is 34.6 Å². The summed E-state index contributed by atoms with van der Waals surface area (Å²) in [6.07, 6.45) is 0. The predicted octanol–water partition coefficient (Wildman–Crippen LogP) is 4.96. The van der Waals surface area contributed by atoms with Crippen LogP contribution in [0.25, 0.3) is 33.5 Å². The van der Waals surface area contributed by atoms with Gasteiger partial charge in [-0.2, -0.15) is 0 Å². The van der Waals surface area contributed by atoms with Crippen molar-refractivity contribution in [2.75, 3.05) is 0 Å². The van der Waals surface area contributed by atoms with E-state index in [1.165, 1.54) is 9.03 Å². The molecule has 9 heteroatoms. The van der Waals surface area contributed by atoms with E-state index in [0.717, 1.165) is 11.1 Å². The molecular weight excluding hydrogens is 502 g/mol. The number of rotatable bonds is 6.